The molecule has 1 amide bonds. The number of H-pyrrole nitrogens is 2. The maximum atomic E-state index is 11.8. The Kier molecular flexibility index (Phi) is 6.96. The maximum Gasteiger partial charge on any atom is 0.342 e. The number of rotatable bonds is 8. The van der Waals surface area contributed by atoms with Crippen molar-refractivity contribution in [3.63, 3.8) is 0 Å². The Hall–Kier alpha value is -2.88. The van der Waals surface area contributed by atoms with Crippen LogP contribution in [0.2, 0.25) is 0 Å². The highest BCUT2D eigenvalue weighted by atomic mass is 32.2. The Morgan fingerprint density at radius 3 is 2.96 bits per heavy atom. The van der Waals surface area contributed by atoms with Crippen LogP contribution in [0.15, 0.2) is 44.0 Å². The molecule has 0 radical (unpaired) electrons. The summed E-state index contributed by atoms with van der Waals surface area (Å²) in [5.41, 5.74) is 1.75. The van der Waals surface area contributed by atoms with E-state index in [2.05, 4.69) is 20.7 Å². The van der Waals surface area contributed by atoms with E-state index in [0.717, 1.165) is 23.7 Å². The second-order valence-electron chi connectivity index (χ2n) is 4.78. The summed E-state index contributed by atoms with van der Waals surface area (Å²) in [4.78, 5) is 36.1. The number of para-hydroxylation sites is 1. The first-order valence-corrected chi connectivity index (χ1v) is 8.44. The lowest BCUT2D eigenvalue weighted by molar-refractivity contribution is -0.118. The molecule has 0 bridgehead atoms. The number of hydrogen-bond acceptors (Lipinski definition) is 7. The zero-order valence-electron chi connectivity index (χ0n) is 13.4. The molecule has 10 heteroatoms. The quantitative estimate of drug-likeness (QED) is 0.356. The van der Waals surface area contributed by atoms with Crippen molar-refractivity contribution in [3.8, 4) is 5.75 Å². The standard InChI is InChI=1S/C15H17N5O4S/c1-2-7-24-11-6-4-3-5-10(11)8-16-18-12(21)9-25-14-13(22)17-15(23)20-19-14/h3-6,8H,2,7,9H2,1H3,(H,18,21)(H2,17,20,22,23)/b16-8+. The van der Waals surface area contributed by atoms with E-state index in [0.29, 0.717) is 12.4 Å². The number of hydrazone groups is 1. The Morgan fingerprint density at radius 1 is 1.40 bits per heavy atom. The molecule has 0 saturated carbocycles. The minimum Gasteiger partial charge on any atom is -0.493 e. The molecule has 0 spiro atoms. The monoisotopic (exact) mass is 363 g/mol. The van der Waals surface area contributed by atoms with Gasteiger partial charge in [-0.05, 0) is 18.6 Å². The van der Waals surface area contributed by atoms with Gasteiger partial charge in [0.15, 0.2) is 5.03 Å². The molecule has 0 aliphatic heterocycles. The Morgan fingerprint density at radius 2 is 2.20 bits per heavy atom. The minimum atomic E-state index is -0.702. The maximum absolute atomic E-state index is 11.8. The zero-order valence-corrected chi connectivity index (χ0v) is 14.3. The van der Waals surface area contributed by atoms with Gasteiger partial charge in [-0.25, -0.2) is 15.3 Å². The number of amides is 1. The van der Waals surface area contributed by atoms with Crippen LogP contribution in [0.25, 0.3) is 0 Å². The SMILES string of the molecule is CCCOc1ccccc1/C=N/NC(=O)CSc1n[nH]c(=O)[nH]c1=O. The van der Waals surface area contributed by atoms with Gasteiger partial charge in [0, 0.05) is 5.56 Å². The smallest absolute Gasteiger partial charge is 0.342 e. The van der Waals surface area contributed by atoms with Crippen molar-refractivity contribution < 1.29 is 9.53 Å². The van der Waals surface area contributed by atoms with Crippen LogP contribution in [0, 0.1) is 0 Å². The number of ether oxygens (including phenoxy) is 1. The van der Waals surface area contributed by atoms with Gasteiger partial charge in [-0.15, -0.1) is 0 Å². The van der Waals surface area contributed by atoms with E-state index in [1.165, 1.54) is 6.21 Å². The van der Waals surface area contributed by atoms with Gasteiger partial charge in [0.25, 0.3) is 5.56 Å². The van der Waals surface area contributed by atoms with Crippen LogP contribution in [-0.4, -0.2) is 39.7 Å². The van der Waals surface area contributed by atoms with Crippen molar-refractivity contribution in [2.45, 2.75) is 18.4 Å². The molecule has 1 aromatic carbocycles. The van der Waals surface area contributed by atoms with E-state index in [-0.39, 0.29) is 10.8 Å². The molecule has 0 aliphatic rings. The molecule has 1 aromatic heterocycles. The van der Waals surface area contributed by atoms with E-state index in [4.69, 9.17) is 4.74 Å². The van der Waals surface area contributed by atoms with Gasteiger partial charge in [0.1, 0.15) is 5.75 Å². The van der Waals surface area contributed by atoms with Gasteiger partial charge in [0.2, 0.25) is 5.91 Å². The van der Waals surface area contributed by atoms with Crippen LogP contribution in [0.5, 0.6) is 5.75 Å². The average Bonchev–Trinajstić information content (AvgIpc) is 2.60. The summed E-state index contributed by atoms with van der Waals surface area (Å²) < 4.78 is 5.59. The summed E-state index contributed by atoms with van der Waals surface area (Å²) in [6.07, 6.45) is 2.37. The number of hydrogen-bond donors (Lipinski definition) is 3. The van der Waals surface area contributed by atoms with Gasteiger partial charge in [-0.2, -0.15) is 10.2 Å². The van der Waals surface area contributed by atoms with E-state index in [9.17, 15) is 14.4 Å². The van der Waals surface area contributed by atoms with E-state index in [1.54, 1.807) is 0 Å². The molecular weight excluding hydrogens is 346 g/mol. The fraction of sp³-hybridized carbons (Fsp3) is 0.267. The van der Waals surface area contributed by atoms with Crippen LogP contribution < -0.4 is 21.4 Å². The normalized spacial score (nSPS) is 10.8. The first kappa shape index (κ1) is 18.5. The van der Waals surface area contributed by atoms with E-state index in [1.807, 2.05) is 36.2 Å². The Bertz CT molecular complexity index is 861. The first-order chi connectivity index (χ1) is 12.1. The highest BCUT2D eigenvalue weighted by Gasteiger charge is 2.07. The Balaban J connectivity index is 1.88. The molecule has 1 heterocycles. The van der Waals surface area contributed by atoms with Gasteiger partial charge in [0.05, 0.1) is 18.6 Å². The molecule has 2 rings (SSSR count). The number of carbonyl (C=O) groups excluding carboxylic acids is 1. The molecule has 3 N–H and O–H groups in total. The van der Waals surface area contributed by atoms with Gasteiger partial charge < -0.3 is 4.74 Å². The first-order valence-electron chi connectivity index (χ1n) is 7.45. The number of benzene rings is 1. The van der Waals surface area contributed by atoms with Crippen molar-refractivity contribution >= 4 is 23.9 Å². The number of aromatic nitrogens is 3. The van der Waals surface area contributed by atoms with Crippen LogP contribution >= 0.6 is 11.8 Å². The molecule has 132 valence electrons. The van der Waals surface area contributed by atoms with Crippen molar-refractivity contribution in [3.05, 3.63) is 50.7 Å². The van der Waals surface area contributed by atoms with Crippen molar-refractivity contribution in [1.82, 2.24) is 20.6 Å². The molecule has 0 saturated heterocycles. The van der Waals surface area contributed by atoms with Crippen LogP contribution in [0.3, 0.4) is 0 Å². The minimum absolute atomic E-state index is 0.00274. The zero-order chi connectivity index (χ0) is 18.1. The van der Waals surface area contributed by atoms with E-state index >= 15 is 0 Å². The largest absolute Gasteiger partial charge is 0.493 e. The fourth-order valence-electron chi connectivity index (χ4n) is 1.71. The highest BCUT2D eigenvalue weighted by molar-refractivity contribution is 7.99. The predicted octanol–water partition coefficient (Wildman–Crippen LogP) is 0.489. The summed E-state index contributed by atoms with van der Waals surface area (Å²) in [6.45, 7) is 2.60. The van der Waals surface area contributed by atoms with E-state index < -0.39 is 17.2 Å². The number of thioether (sulfide) groups is 1. The topological polar surface area (TPSA) is 129 Å². The van der Waals surface area contributed by atoms with Gasteiger partial charge in [-0.1, -0.05) is 30.8 Å². The molecule has 0 aliphatic carbocycles. The molecule has 0 atom stereocenters. The predicted molar refractivity (Wildman–Crippen MR) is 94.2 cm³/mol. The van der Waals surface area contributed by atoms with Crippen LogP contribution in [0.4, 0.5) is 0 Å². The number of nitrogens with zero attached hydrogens (tertiary/aromatic N) is 2. The highest BCUT2D eigenvalue weighted by Crippen LogP contribution is 2.15. The summed E-state index contributed by atoms with van der Waals surface area (Å²) >= 11 is 0.889. The number of carbonyl (C=O) groups is 1. The van der Waals surface area contributed by atoms with Crippen LogP contribution in [0.1, 0.15) is 18.9 Å². The van der Waals surface area contributed by atoms with Gasteiger partial charge >= 0.3 is 5.69 Å². The number of aromatic amines is 2. The second kappa shape index (κ2) is 9.42. The third kappa shape index (κ3) is 5.92. The lowest BCUT2D eigenvalue weighted by Crippen LogP contribution is -2.26. The third-order valence-corrected chi connectivity index (χ3v) is 3.75. The molecule has 0 unspecified atom stereocenters. The molecule has 25 heavy (non-hydrogen) atoms. The lowest BCUT2D eigenvalue weighted by atomic mass is 10.2. The lowest BCUT2D eigenvalue weighted by Gasteiger charge is -2.07. The summed E-state index contributed by atoms with van der Waals surface area (Å²) in [5, 5.41) is 9.53. The summed E-state index contributed by atoms with van der Waals surface area (Å²) in [5.74, 6) is 0.189. The van der Waals surface area contributed by atoms with Crippen molar-refractivity contribution in [1.29, 1.82) is 0 Å². The number of nitrogens with one attached hydrogen (secondary N) is 3. The average molecular weight is 363 g/mol. The molecule has 2 aromatic rings. The second-order valence-corrected chi connectivity index (χ2v) is 5.74. The van der Waals surface area contributed by atoms with Crippen molar-refractivity contribution in [2.75, 3.05) is 12.4 Å². The fourth-order valence-corrected chi connectivity index (χ4v) is 2.33. The molecular formula is C15H17N5O4S. The molecule has 9 nitrogen and oxygen atoms in total. The molecule has 0 fully saturated rings. The van der Waals surface area contributed by atoms with Crippen LogP contribution in [-0.2, 0) is 4.79 Å². The Labute approximate surface area is 146 Å². The third-order valence-electron chi connectivity index (χ3n) is 2.79. The summed E-state index contributed by atoms with van der Waals surface area (Å²) in [7, 11) is 0. The summed E-state index contributed by atoms with van der Waals surface area (Å²) in [6, 6.07) is 7.33. The van der Waals surface area contributed by atoms with Gasteiger partial charge in [-0.3, -0.25) is 14.6 Å². The van der Waals surface area contributed by atoms with Crippen molar-refractivity contribution in [2.24, 2.45) is 5.10 Å².